The third kappa shape index (κ3) is 13.2. The Balaban J connectivity index is 1.86. The van der Waals surface area contributed by atoms with Crippen LogP contribution in [0.5, 0.6) is 0 Å². The van der Waals surface area contributed by atoms with Crippen molar-refractivity contribution >= 4 is 6.03 Å². The van der Waals surface area contributed by atoms with E-state index in [1.807, 2.05) is 30.3 Å². The fourth-order valence-electron chi connectivity index (χ4n) is 4.25. The van der Waals surface area contributed by atoms with Crippen molar-refractivity contribution in [1.29, 1.82) is 0 Å². The maximum Gasteiger partial charge on any atom is 0.322 e. The third-order valence-corrected chi connectivity index (χ3v) is 6.35. The Morgan fingerprint density at radius 1 is 0.706 bits per heavy atom. The summed E-state index contributed by atoms with van der Waals surface area (Å²) < 4.78 is 0. The molecule has 1 aromatic carbocycles. The molecular formula is C26H49N7O. The Labute approximate surface area is 207 Å². The molecule has 2 amide bonds. The van der Waals surface area contributed by atoms with Crippen molar-refractivity contribution in [2.24, 2.45) is 11.5 Å². The van der Waals surface area contributed by atoms with E-state index >= 15 is 0 Å². The molecule has 0 aromatic heterocycles. The normalized spacial score (nSPS) is 24.6. The van der Waals surface area contributed by atoms with Crippen LogP contribution in [0, 0.1) is 0 Å². The molecule has 0 radical (unpaired) electrons. The summed E-state index contributed by atoms with van der Waals surface area (Å²) in [4.78, 5) is 14.6. The standard InChI is InChI=1S/C26H49N7O/c27-24-30-20-14-7-3-1-5-12-18-29-19-13-6-2-4-8-15-21-31-25(28)33(26(34)32-24)22-23-16-10-9-11-17-23/h9-11,16-17,24-25,29-31H,1-8,12-15,18-22,27-28H2,(H,32,34). The average molecular weight is 476 g/mol. The quantitative estimate of drug-likeness (QED) is 0.391. The molecule has 8 nitrogen and oxygen atoms in total. The van der Waals surface area contributed by atoms with Crippen molar-refractivity contribution in [3.63, 3.8) is 0 Å². The van der Waals surface area contributed by atoms with Crippen LogP contribution in [-0.2, 0) is 6.54 Å². The molecule has 194 valence electrons. The highest BCUT2D eigenvalue weighted by Crippen LogP contribution is 2.08. The molecule has 8 heteroatoms. The number of urea groups is 1. The highest BCUT2D eigenvalue weighted by molar-refractivity contribution is 5.74. The number of nitrogens with zero attached hydrogens (tertiary/aromatic N) is 1. The molecule has 2 unspecified atom stereocenters. The first-order valence-corrected chi connectivity index (χ1v) is 13.5. The van der Waals surface area contributed by atoms with Gasteiger partial charge in [-0.2, -0.15) is 0 Å². The van der Waals surface area contributed by atoms with Crippen molar-refractivity contribution in [2.75, 3.05) is 26.2 Å². The minimum absolute atomic E-state index is 0.271. The number of carbonyl (C=O) groups excluding carboxylic acids is 1. The van der Waals surface area contributed by atoms with Gasteiger partial charge in [-0.15, -0.1) is 0 Å². The average Bonchev–Trinajstić information content (AvgIpc) is 2.83. The first-order valence-electron chi connectivity index (χ1n) is 13.5. The van der Waals surface area contributed by atoms with Gasteiger partial charge >= 0.3 is 6.03 Å². The molecule has 1 aliphatic rings. The lowest BCUT2D eigenvalue weighted by molar-refractivity contribution is 0.152. The first kappa shape index (κ1) is 28.5. The van der Waals surface area contributed by atoms with Crippen LogP contribution in [0.1, 0.15) is 82.6 Å². The Morgan fingerprint density at radius 3 is 1.79 bits per heavy atom. The molecule has 0 aliphatic carbocycles. The van der Waals surface area contributed by atoms with E-state index in [0.717, 1.165) is 44.6 Å². The zero-order chi connectivity index (χ0) is 24.3. The lowest BCUT2D eigenvalue weighted by Gasteiger charge is -2.31. The van der Waals surface area contributed by atoms with Crippen LogP contribution in [0.25, 0.3) is 0 Å². The molecule has 2 rings (SSSR count). The summed E-state index contributed by atoms with van der Waals surface area (Å²) in [5, 5.41) is 13.0. The van der Waals surface area contributed by atoms with Gasteiger partial charge in [-0.05, 0) is 57.4 Å². The van der Waals surface area contributed by atoms with Crippen LogP contribution >= 0.6 is 0 Å². The predicted molar refractivity (Wildman–Crippen MR) is 141 cm³/mol. The minimum Gasteiger partial charge on any atom is -0.317 e. The minimum atomic E-state index is -0.602. The van der Waals surface area contributed by atoms with E-state index in [4.69, 9.17) is 11.5 Å². The molecule has 1 saturated heterocycles. The van der Waals surface area contributed by atoms with E-state index in [9.17, 15) is 4.79 Å². The molecule has 0 saturated carbocycles. The van der Waals surface area contributed by atoms with Crippen LogP contribution < -0.4 is 32.7 Å². The van der Waals surface area contributed by atoms with E-state index in [0.29, 0.717) is 6.54 Å². The van der Waals surface area contributed by atoms with Crippen LogP contribution in [0.4, 0.5) is 4.79 Å². The predicted octanol–water partition coefficient (Wildman–Crippen LogP) is 3.15. The first-order chi connectivity index (χ1) is 16.7. The highest BCUT2D eigenvalue weighted by atomic mass is 16.2. The Hall–Kier alpha value is -1.71. The summed E-state index contributed by atoms with van der Waals surface area (Å²) in [6, 6.07) is 9.63. The second kappa shape index (κ2) is 18.6. The summed E-state index contributed by atoms with van der Waals surface area (Å²) in [6.07, 6.45) is 13.4. The highest BCUT2D eigenvalue weighted by Gasteiger charge is 2.22. The molecule has 1 fully saturated rings. The number of rotatable bonds is 2. The van der Waals surface area contributed by atoms with E-state index in [2.05, 4.69) is 21.3 Å². The molecule has 2 atom stereocenters. The maximum absolute atomic E-state index is 13.0. The second-order valence-electron chi connectivity index (χ2n) is 9.39. The molecule has 0 bridgehead atoms. The monoisotopic (exact) mass is 475 g/mol. The number of nitrogens with one attached hydrogen (secondary N) is 4. The molecule has 1 aliphatic heterocycles. The van der Waals surface area contributed by atoms with Crippen molar-refractivity contribution in [2.45, 2.75) is 96.2 Å². The van der Waals surface area contributed by atoms with Gasteiger partial charge in [0.25, 0.3) is 0 Å². The van der Waals surface area contributed by atoms with Crippen molar-refractivity contribution in [3.05, 3.63) is 35.9 Å². The summed E-state index contributed by atoms with van der Waals surface area (Å²) in [7, 11) is 0. The van der Waals surface area contributed by atoms with Crippen LogP contribution in [-0.4, -0.2) is 49.7 Å². The SMILES string of the molecule is NC1NCCCCCCCCNCCCCCCCCNC(N)N(Cc2ccccc2)C(=O)N1. The summed E-state index contributed by atoms with van der Waals surface area (Å²) in [6.45, 7) is 4.27. The zero-order valence-corrected chi connectivity index (χ0v) is 21.1. The fraction of sp³-hybridized carbons (Fsp3) is 0.731. The van der Waals surface area contributed by atoms with Crippen molar-refractivity contribution in [1.82, 2.24) is 26.2 Å². The second-order valence-corrected chi connectivity index (χ2v) is 9.39. The Morgan fingerprint density at radius 2 is 1.21 bits per heavy atom. The number of hydrogen-bond donors (Lipinski definition) is 6. The summed E-state index contributed by atoms with van der Waals surface area (Å²) in [5.74, 6) is 0. The van der Waals surface area contributed by atoms with Gasteiger partial charge in [0.1, 0.15) is 12.6 Å². The summed E-state index contributed by atoms with van der Waals surface area (Å²) >= 11 is 0. The van der Waals surface area contributed by atoms with Gasteiger partial charge in [0.15, 0.2) is 0 Å². The maximum atomic E-state index is 13.0. The van der Waals surface area contributed by atoms with E-state index in [1.165, 1.54) is 64.2 Å². The smallest absolute Gasteiger partial charge is 0.317 e. The molecule has 8 N–H and O–H groups in total. The van der Waals surface area contributed by atoms with Gasteiger partial charge in [0, 0.05) is 0 Å². The number of amides is 2. The number of nitrogens with two attached hydrogens (primary N) is 2. The van der Waals surface area contributed by atoms with Crippen LogP contribution in [0.2, 0.25) is 0 Å². The van der Waals surface area contributed by atoms with Gasteiger partial charge < -0.3 is 10.6 Å². The van der Waals surface area contributed by atoms with E-state index in [-0.39, 0.29) is 6.03 Å². The number of hydrogen-bond acceptors (Lipinski definition) is 6. The molecule has 34 heavy (non-hydrogen) atoms. The topological polar surface area (TPSA) is 120 Å². The van der Waals surface area contributed by atoms with Gasteiger partial charge in [-0.25, -0.2) is 4.79 Å². The summed E-state index contributed by atoms with van der Waals surface area (Å²) in [5.41, 5.74) is 13.6. The van der Waals surface area contributed by atoms with Gasteiger partial charge in [-0.3, -0.25) is 27.0 Å². The molecule has 1 aromatic rings. The molecule has 1 heterocycles. The number of benzene rings is 1. The Bertz CT molecular complexity index is 631. The van der Waals surface area contributed by atoms with Crippen LogP contribution in [0.3, 0.4) is 0 Å². The van der Waals surface area contributed by atoms with Gasteiger partial charge in [0.05, 0.1) is 6.54 Å². The number of carbonyl (C=O) groups is 1. The van der Waals surface area contributed by atoms with E-state index in [1.54, 1.807) is 4.90 Å². The van der Waals surface area contributed by atoms with Crippen molar-refractivity contribution in [3.8, 4) is 0 Å². The fourth-order valence-corrected chi connectivity index (χ4v) is 4.25. The van der Waals surface area contributed by atoms with Crippen LogP contribution in [0.15, 0.2) is 30.3 Å². The van der Waals surface area contributed by atoms with Gasteiger partial charge in [-0.1, -0.05) is 81.7 Å². The largest absolute Gasteiger partial charge is 0.322 e. The lowest BCUT2D eigenvalue weighted by atomic mass is 10.1. The zero-order valence-electron chi connectivity index (χ0n) is 21.1. The lowest BCUT2D eigenvalue weighted by Crippen LogP contribution is -2.61. The molecule has 0 spiro atoms. The third-order valence-electron chi connectivity index (χ3n) is 6.35. The Kier molecular flexibility index (Phi) is 15.6. The molecular weight excluding hydrogens is 426 g/mol. The van der Waals surface area contributed by atoms with Gasteiger partial charge in [0.2, 0.25) is 0 Å². The van der Waals surface area contributed by atoms with Crippen molar-refractivity contribution < 1.29 is 4.79 Å². The van der Waals surface area contributed by atoms with E-state index < -0.39 is 12.6 Å².